The third-order valence-corrected chi connectivity index (χ3v) is 15.4. The summed E-state index contributed by atoms with van der Waals surface area (Å²) in [6.07, 6.45) is 9.81. The van der Waals surface area contributed by atoms with Gasteiger partial charge in [-0.15, -0.1) is 0 Å². The van der Waals surface area contributed by atoms with Crippen molar-refractivity contribution in [2.45, 2.75) is 110 Å². The van der Waals surface area contributed by atoms with Crippen molar-refractivity contribution in [3.05, 3.63) is 137 Å². The molecule has 6 heteroatoms. The van der Waals surface area contributed by atoms with E-state index in [0.29, 0.717) is 61.6 Å². The van der Waals surface area contributed by atoms with E-state index in [4.69, 9.17) is 0 Å². The fraction of sp³-hybridized carbons (Fsp3) is 0.462. The van der Waals surface area contributed by atoms with Crippen LogP contribution < -0.4 is 5.32 Å². The molecule has 4 aromatic carbocycles. The first-order valence-corrected chi connectivity index (χ1v) is 21.9. The molecule has 6 nitrogen and oxygen atoms in total. The highest BCUT2D eigenvalue weighted by Crippen LogP contribution is 2.62. The van der Waals surface area contributed by atoms with E-state index >= 15 is 4.79 Å². The van der Waals surface area contributed by atoms with Gasteiger partial charge in [-0.2, -0.15) is 0 Å². The van der Waals surface area contributed by atoms with Gasteiger partial charge >= 0.3 is 6.03 Å². The summed E-state index contributed by atoms with van der Waals surface area (Å²) in [5.41, 5.74) is 5.39. The van der Waals surface area contributed by atoms with Crippen LogP contribution in [0.5, 0.6) is 0 Å². The van der Waals surface area contributed by atoms with E-state index < -0.39 is 17.1 Å². The lowest BCUT2D eigenvalue weighted by molar-refractivity contribution is -0.117. The van der Waals surface area contributed by atoms with Gasteiger partial charge in [-0.25, -0.2) is 4.79 Å². The van der Waals surface area contributed by atoms with Gasteiger partial charge in [0.05, 0.1) is 18.2 Å². The summed E-state index contributed by atoms with van der Waals surface area (Å²) in [6.45, 7) is 9.99. The van der Waals surface area contributed by atoms with Gasteiger partial charge in [-0.3, -0.25) is 4.79 Å². The van der Waals surface area contributed by atoms with E-state index in [9.17, 15) is 15.0 Å². The molecule has 0 aromatic heterocycles. The molecule has 7 atom stereocenters. The van der Waals surface area contributed by atoms with Gasteiger partial charge in [-0.05, 0) is 141 Å². The maximum Gasteiger partial charge on any atom is 0.321 e. The van der Waals surface area contributed by atoms with Gasteiger partial charge in [0.2, 0.25) is 0 Å². The molecule has 0 unspecified atom stereocenters. The van der Waals surface area contributed by atoms with Crippen LogP contribution >= 0.6 is 0 Å². The number of nitrogens with one attached hydrogen (secondary N) is 1. The van der Waals surface area contributed by atoms with E-state index in [1.54, 1.807) is 0 Å². The molecule has 0 radical (unpaired) electrons. The van der Waals surface area contributed by atoms with Crippen LogP contribution in [-0.4, -0.2) is 51.7 Å². The third kappa shape index (κ3) is 7.71. The van der Waals surface area contributed by atoms with Crippen molar-refractivity contribution in [1.82, 2.24) is 4.90 Å². The molecule has 0 aliphatic heterocycles. The van der Waals surface area contributed by atoms with Crippen LogP contribution in [0, 0.1) is 28.6 Å². The number of fused-ring (bicyclic) bond motifs is 10. The summed E-state index contributed by atoms with van der Waals surface area (Å²) in [4.78, 5) is 31.5. The molecule has 4 bridgehead atoms. The number of anilines is 1. The van der Waals surface area contributed by atoms with Gasteiger partial charge in [0.15, 0.2) is 5.78 Å². The number of carbonyl (C=O) groups excluding carboxylic acids is 2. The van der Waals surface area contributed by atoms with Gasteiger partial charge in [0, 0.05) is 28.8 Å². The zero-order valence-electron chi connectivity index (χ0n) is 34.9. The lowest BCUT2D eigenvalue weighted by Gasteiger charge is -2.60. The second-order valence-corrected chi connectivity index (χ2v) is 19.1. The quantitative estimate of drug-likeness (QED) is 0.123. The molecule has 0 spiro atoms. The van der Waals surface area contributed by atoms with E-state index in [1.165, 1.54) is 18.4 Å². The topological polar surface area (TPSA) is 89.9 Å². The Morgan fingerprint density at radius 1 is 0.828 bits per heavy atom. The van der Waals surface area contributed by atoms with Crippen LogP contribution in [0.3, 0.4) is 0 Å². The van der Waals surface area contributed by atoms with Crippen molar-refractivity contribution in [2.24, 2.45) is 28.6 Å². The van der Waals surface area contributed by atoms with E-state index in [1.807, 2.05) is 95.9 Å². The normalized spacial score (nSPS) is 29.0. The standard InChI is InChI=1S/C52H62N2O4/c1-35-14-13-28-51(4)46(27-29-52(51,58)34-54(49(57)53-40-17-9-6-10-18-40)33-38-23-24-39-32-47(38)50(39,2)3)43-26-22-36(30-41(55)25-21-35)31-45(43)48(56)44-20-12-11-19-42(44)37-15-7-5-8-16-37/h5-12,14-20,22,26,31,38-39,41,46-47,55,58H,13,21,23-25,27-30,32-34H2,1-4H3,(H,53,57)/t38-,39-,41-,46-,47-,51-,52+/m0/s1. The summed E-state index contributed by atoms with van der Waals surface area (Å²) in [7, 11) is 0. The number of nitrogens with zero attached hydrogens (tertiary/aromatic N) is 1. The van der Waals surface area contributed by atoms with E-state index in [-0.39, 0.29) is 29.7 Å². The molecule has 10 rings (SSSR count). The Labute approximate surface area is 345 Å². The van der Waals surface area contributed by atoms with Crippen LogP contribution in [0.15, 0.2) is 115 Å². The largest absolute Gasteiger partial charge is 0.393 e. The Hall–Kier alpha value is -4.52. The molecule has 2 amide bonds. The van der Waals surface area contributed by atoms with Gasteiger partial charge in [-0.1, -0.05) is 117 Å². The Balaban J connectivity index is 1.19. The summed E-state index contributed by atoms with van der Waals surface area (Å²) < 4.78 is 0. The maximum atomic E-state index is 15.1. The van der Waals surface area contributed by atoms with Crippen LogP contribution in [-0.2, 0) is 6.42 Å². The number of allylic oxidation sites excluding steroid dienone is 2. The van der Waals surface area contributed by atoms with Crippen LogP contribution in [0.1, 0.15) is 118 Å². The number of para-hydroxylation sites is 1. The Bertz CT molecular complexity index is 2140. The van der Waals surface area contributed by atoms with Gasteiger partial charge in [0.25, 0.3) is 0 Å². The van der Waals surface area contributed by atoms with Crippen molar-refractivity contribution < 1.29 is 19.8 Å². The van der Waals surface area contributed by atoms with Crippen molar-refractivity contribution in [2.75, 3.05) is 18.4 Å². The molecule has 0 heterocycles. The molecule has 6 aliphatic carbocycles. The van der Waals surface area contributed by atoms with Gasteiger partial charge < -0.3 is 20.4 Å². The Kier molecular flexibility index (Phi) is 11.3. The number of ketones is 1. The highest BCUT2D eigenvalue weighted by atomic mass is 16.3. The minimum Gasteiger partial charge on any atom is -0.393 e. The minimum atomic E-state index is -1.21. The number of benzene rings is 4. The molecule has 6 aliphatic rings. The fourth-order valence-electron chi connectivity index (χ4n) is 11.6. The first-order valence-electron chi connectivity index (χ1n) is 21.9. The zero-order valence-corrected chi connectivity index (χ0v) is 34.9. The molecule has 4 aromatic rings. The SMILES string of the molecule is CC1=CCC[C@@]2(C)[C@@H](CC[C@@]2(O)CN(C[C@@H]2CC[C@H]3C[C@@H]2C3(C)C)C(=O)Nc2ccccc2)c2ccc(cc2C(=O)c2ccccc2-c2ccccc2)C[C@@H](O)CC1. The first kappa shape index (κ1) is 40.3. The van der Waals surface area contributed by atoms with Crippen LogP contribution in [0.4, 0.5) is 10.5 Å². The van der Waals surface area contributed by atoms with Crippen molar-refractivity contribution in [1.29, 1.82) is 0 Å². The third-order valence-electron chi connectivity index (χ3n) is 15.4. The van der Waals surface area contributed by atoms with E-state index in [2.05, 4.69) is 51.2 Å². The Morgan fingerprint density at radius 3 is 2.29 bits per heavy atom. The van der Waals surface area contributed by atoms with Crippen LogP contribution in [0.25, 0.3) is 11.1 Å². The number of aliphatic hydroxyl groups excluding tert-OH is 1. The lowest BCUT2D eigenvalue weighted by atomic mass is 9.45. The van der Waals surface area contributed by atoms with Crippen molar-refractivity contribution in [3.63, 3.8) is 0 Å². The zero-order chi connectivity index (χ0) is 40.7. The summed E-state index contributed by atoms with van der Waals surface area (Å²) in [6, 6.07) is 33.6. The lowest BCUT2D eigenvalue weighted by Crippen LogP contribution is -2.58. The summed E-state index contributed by atoms with van der Waals surface area (Å²) in [5, 5.41) is 27.7. The van der Waals surface area contributed by atoms with E-state index in [0.717, 1.165) is 53.1 Å². The van der Waals surface area contributed by atoms with Gasteiger partial charge in [0.1, 0.15) is 0 Å². The highest BCUT2D eigenvalue weighted by Gasteiger charge is 2.59. The number of hydrogen-bond acceptors (Lipinski definition) is 4. The first-order chi connectivity index (χ1) is 27.9. The van der Waals surface area contributed by atoms with Crippen molar-refractivity contribution in [3.8, 4) is 11.1 Å². The Morgan fingerprint density at radius 2 is 1.55 bits per heavy atom. The molecular weight excluding hydrogens is 717 g/mol. The monoisotopic (exact) mass is 778 g/mol. The number of aliphatic hydroxyl groups is 2. The summed E-state index contributed by atoms with van der Waals surface area (Å²) >= 11 is 0. The second-order valence-electron chi connectivity index (χ2n) is 19.1. The highest BCUT2D eigenvalue weighted by molar-refractivity contribution is 6.14. The number of urea groups is 1. The van der Waals surface area contributed by atoms with Crippen LogP contribution in [0.2, 0.25) is 0 Å². The molecule has 4 saturated carbocycles. The summed E-state index contributed by atoms with van der Waals surface area (Å²) in [5.74, 6) is 1.50. The molecule has 58 heavy (non-hydrogen) atoms. The predicted octanol–water partition coefficient (Wildman–Crippen LogP) is 11.2. The molecule has 3 N–H and O–H groups in total. The molecule has 304 valence electrons. The van der Waals surface area contributed by atoms with Crippen molar-refractivity contribution >= 4 is 17.5 Å². The predicted molar refractivity (Wildman–Crippen MR) is 234 cm³/mol. The molecule has 4 fully saturated rings. The number of amides is 2. The average molecular weight is 779 g/mol. The number of hydrogen-bond donors (Lipinski definition) is 3. The smallest absolute Gasteiger partial charge is 0.321 e. The second kappa shape index (κ2) is 16.3. The molecule has 0 saturated heterocycles. The average Bonchev–Trinajstić information content (AvgIpc) is 3.48. The number of rotatable bonds is 8. The maximum absolute atomic E-state index is 15.1. The minimum absolute atomic E-state index is 0.0472. The fourth-order valence-corrected chi connectivity index (χ4v) is 11.6. The number of carbonyl (C=O) groups is 2. The molecular formula is C52H62N2O4.